The molecule has 1 aliphatic heterocycles. The largest absolute Gasteiger partial charge is 0.481 e. The van der Waals surface area contributed by atoms with Crippen LogP contribution in [0, 0.1) is 11.3 Å². The van der Waals surface area contributed by atoms with Gasteiger partial charge in [-0.25, -0.2) is 4.79 Å². The molecular formula is C23H39N9O10. The fraction of sp³-hybridized carbons (Fsp3) is 0.652. The van der Waals surface area contributed by atoms with Crippen LogP contribution >= 0.6 is 0 Å². The van der Waals surface area contributed by atoms with E-state index in [-0.39, 0.29) is 25.3 Å². The zero-order chi connectivity index (χ0) is 32.6. The summed E-state index contributed by atoms with van der Waals surface area (Å²) in [5, 5.41) is 32.1. The third-order valence-electron chi connectivity index (χ3n) is 7.11. The molecule has 0 spiro atoms. The van der Waals surface area contributed by atoms with Crippen LogP contribution in [0.2, 0.25) is 0 Å². The molecule has 1 amide bonds. The van der Waals surface area contributed by atoms with E-state index in [1.165, 1.54) is 7.05 Å². The van der Waals surface area contributed by atoms with E-state index in [1.54, 1.807) is 0 Å². The van der Waals surface area contributed by atoms with Crippen molar-refractivity contribution in [3.8, 4) is 0 Å². The molecule has 6 unspecified atom stereocenters. The monoisotopic (exact) mass is 601 g/mol. The van der Waals surface area contributed by atoms with Crippen molar-refractivity contribution in [3.63, 3.8) is 0 Å². The van der Waals surface area contributed by atoms with E-state index in [1.807, 2.05) is 0 Å². The predicted molar refractivity (Wildman–Crippen MR) is 144 cm³/mol. The van der Waals surface area contributed by atoms with Crippen molar-refractivity contribution in [1.82, 2.24) is 10.2 Å². The number of hydrogen-bond acceptors (Lipinski definition) is 14. The van der Waals surface area contributed by atoms with E-state index < -0.39 is 109 Å². The minimum Gasteiger partial charge on any atom is -0.481 e. The van der Waals surface area contributed by atoms with E-state index >= 15 is 0 Å². The van der Waals surface area contributed by atoms with Gasteiger partial charge in [0.1, 0.15) is 5.41 Å². The number of amides is 1. The number of aliphatic hydroxyl groups excluding tert-OH is 1. The average molecular weight is 602 g/mol. The second-order valence-electron chi connectivity index (χ2n) is 9.72. The van der Waals surface area contributed by atoms with Crippen LogP contribution in [-0.4, -0.2) is 131 Å². The maximum atomic E-state index is 14.2. The second-order valence-corrected chi connectivity index (χ2v) is 9.72. The molecule has 1 aliphatic rings. The van der Waals surface area contributed by atoms with Crippen LogP contribution in [-0.2, 0) is 33.6 Å². The Morgan fingerprint density at radius 3 is 2.05 bits per heavy atom. The molecule has 1 heterocycles. The molecule has 42 heavy (non-hydrogen) atoms. The highest BCUT2D eigenvalue weighted by Gasteiger charge is 2.81. The first-order valence-electron chi connectivity index (χ1n) is 12.7. The van der Waals surface area contributed by atoms with Crippen molar-refractivity contribution in [3.05, 3.63) is 0 Å². The number of rotatable bonds is 18. The average Bonchev–Trinajstić information content (AvgIpc) is 3.26. The van der Waals surface area contributed by atoms with Crippen molar-refractivity contribution in [2.24, 2.45) is 50.7 Å². The standard InChI is InChI=1S/C23H39N9O10/c1-30-7-15(35)32-8-10(17(38)11(25)3-2-4-31-21(28)29)22(14(34)6-24,18(39)12(26)5-16(36)37)23(32,20(41)42)19(40)13(27)9-33/h10-13,30,33H,2-9,24-27H2,1H3,(H,36,37)(H,41,42)(H4,28,29,31). The van der Waals surface area contributed by atoms with Gasteiger partial charge in [-0.15, -0.1) is 0 Å². The first-order valence-corrected chi connectivity index (χ1v) is 12.7. The molecular weight excluding hydrogens is 562 g/mol. The molecule has 0 bridgehead atoms. The number of carboxylic acids is 2. The van der Waals surface area contributed by atoms with E-state index in [0.717, 1.165) is 0 Å². The van der Waals surface area contributed by atoms with Crippen LogP contribution in [0.25, 0.3) is 0 Å². The topological polar surface area (TPSA) is 364 Å². The Morgan fingerprint density at radius 1 is 1.00 bits per heavy atom. The first-order chi connectivity index (χ1) is 19.5. The molecule has 0 aliphatic carbocycles. The highest BCUT2D eigenvalue weighted by Crippen LogP contribution is 2.53. The third kappa shape index (κ3) is 6.45. The smallest absolute Gasteiger partial charge is 0.339 e. The number of aliphatic imine (C=N–C) groups is 1. The second kappa shape index (κ2) is 14.8. The van der Waals surface area contributed by atoms with Gasteiger partial charge in [0.15, 0.2) is 29.1 Å². The SMILES string of the molecule is CNCC(=O)N1CC(C(=O)C(N)CCCN=C(N)N)C(C(=O)CN)(C(=O)C(N)CC(=O)O)C1(C(=O)O)C(=O)C(N)CO. The Balaban J connectivity index is 4.23. The van der Waals surface area contributed by atoms with Crippen molar-refractivity contribution in [1.29, 1.82) is 0 Å². The number of ketones is 4. The number of likely N-dealkylation sites (N-methyl/N-ethyl adjacent to an activating group) is 1. The highest BCUT2D eigenvalue weighted by atomic mass is 16.4. The maximum Gasteiger partial charge on any atom is 0.339 e. The number of carboxylic acid groups (broad SMARTS) is 2. The van der Waals surface area contributed by atoms with Crippen molar-refractivity contribution in [2.45, 2.75) is 42.9 Å². The summed E-state index contributed by atoms with van der Waals surface area (Å²) >= 11 is 0. The quantitative estimate of drug-likeness (QED) is 0.0302. The van der Waals surface area contributed by atoms with Crippen LogP contribution in [0.4, 0.5) is 0 Å². The molecule has 1 saturated heterocycles. The van der Waals surface area contributed by atoms with Gasteiger partial charge in [0.25, 0.3) is 0 Å². The molecule has 19 heteroatoms. The molecule has 236 valence electrons. The maximum absolute atomic E-state index is 14.2. The minimum absolute atomic E-state index is 0.0129. The van der Waals surface area contributed by atoms with Crippen molar-refractivity contribution in [2.75, 3.05) is 39.8 Å². The number of Topliss-reactive ketones (excluding diaryl/α,β-unsaturated/α-hetero) is 4. The third-order valence-corrected chi connectivity index (χ3v) is 7.11. The number of likely N-dealkylation sites (tertiary alicyclic amines) is 1. The van der Waals surface area contributed by atoms with Crippen LogP contribution in [0.15, 0.2) is 4.99 Å². The number of nitrogens with zero attached hydrogens (tertiary/aromatic N) is 2. The van der Waals surface area contributed by atoms with Gasteiger partial charge in [0, 0.05) is 13.1 Å². The number of nitrogens with one attached hydrogen (secondary N) is 1. The zero-order valence-electron chi connectivity index (χ0n) is 23.0. The Morgan fingerprint density at radius 2 is 1.60 bits per heavy atom. The molecule has 0 radical (unpaired) electrons. The van der Waals surface area contributed by atoms with Gasteiger partial charge in [-0.1, -0.05) is 0 Å². The fourth-order valence-corrected chi connectivity index (χ4v) is 5.37. The lowest BCUT2D eigenvalue weighted by atomic mass is 9.55. The normalized spacial score (nSPS) is 23.9. The molecule has 0 saturated carbocycles. The van der Waals surface area contributed by atoms with Gasteiger partial charge >= 0.3 is 11.9 Å². The Hall–Kier alpha value is -3.88. The highest BCUT2D eigenvalue weighted by molar-refractivity contribution is 6.28. The number of guanidine groups is 1. The lowest BCUT2D eigenvalue weighted by Gasteiger charge is -2.46. The summed E-state index contributed by atoms with van der Waals surface area (Å²) < 4.78 is 0. The molecule has 0 aromatic carbocycles. The van der Waals surface area contributed by atoms with Crippen LogP contribution in [0.3, 0.4) is 0 Å². The number of aliphatic carboxylic acids is 2. The lowest BCUT2D eigenvalue weighted by molar-refractivity contribution is -0.177. The minimum atomic E-state index is -3.58. The number of nitrogens with two attached hydrogens (primary N) is 6. The summed E-state index contributed by atoms with van der Waals surface area (Å²) in [4.78, 5) is 97.9. The Labute approximate surface area is 240 Å². The summed E-state index contributed by atoms with van der Waals surface area (Å²) in [6, 6.07) is -5.78. The van der Waals surface area contributed by atoms with E-state index in [2.05, 4.69) is 10.3 Å². The molecule has 6 atom stereocenters. The van der Waals surface area contributed by atoms with Gasteiger partial charge in [-0.05, 0) is 19.9 Å². The molecule has 0 aromatic rings. The predicted octanol–water partition coefficient (Wildman–Crippen LogP) is -6.79. The number of aliphatic hydroxyl groups is 1. The van der Waals surface area contributed by atoms with Gasteiger partial charge in [-0.2, -0.15) is 0 Å². The lowest BCUT2D eigenvalue weighted by Crippen LogP contribution is -2.76. The first kappa shape index (κ1) is 36.1. The molecule has 1 fully saturated rings. The Kier molecular flexibility index (Phi) is 12.8. The zero-order valence-corrected chi connectivity index (χ0v) is 23.0. The van der Waals surface area contributed by atoms with Gasteiger partial charge in [-0.3, -0.25) is 33.8 Å². The van der Waals surface area contributed by atoms with Crippen LogP contribution < -0.4 is 39.7 Å². The summed E-state index contributed by atoms with van der Waals surface area (Å²) in [5.41, 5.74) is 26.8. The van der Waals surface area contributed by atoms with Gasteiger partial charge in [0.05, 0.1) is 50.2 Å². The number of hydrogen-bond donors (Lipinski definition) is 10. The summed E-state index contributed by atoms with van der Waals surface area (Å²) in [6.45, 7) is -4.01. The van der Waals surface area contributed by atoms with E-state index in [4.69, 9.17) is 34.4 Å². The molecule has 19 nitrogen and oxygen atoms in total. The van der Waals surface area contributed by atoms with Gasteiger partial charge in [0.2, 0.25) is 11.4 Å². The summed E-state index contributed by atoms with van der Waals surface area (Å²) in [5.74, 6) is -13.5. The van der Waals surface area contributed by atoms with Gasteiger partial charge < -0.3 is 59.9 Å². The fourth-order valence-electron chi connectivity index (χ4n) is 5.37. The summed E-state index contributed by atoms with van der Waals surface area (Å²) in [7, 11) is 1.29. The number of carbonyl (C=O) groups excluding carboxylic acids is 5. The Bertz CT molecular complexity index is 1130. The molecule has 16 N–H and O–H groups in total. The van der Waals surface area contributed by atoms with Crippen molar-refractivity contribution >= 4 is 46.9 Å². The number of carbonyl (C=O) groups is 7. The van der Waals surface area contributed by atoms with Crippen molar-refractivity contribution < 1.29 is 48.9 Å². The van der Waals surface area contributed by atoms with Crippen LogP contribution in [0.1, 0.15) is 19.3 Å². The molecule has 0 aromatic heterocycles. The van der Waals surface area contributed by atoms with Crippen LogP contribution in [0.5, 0.6) is 0 Å². The molecule has 1 rings (SSSR count). The van der Waals surface area contributed by atoms with E-state index in [9.17, 15) is 48.9 Å². The van der Waals surface area contributed by atoms with E-state index in [0.29, 0.717) is 4.90 Å². The summed E-state index contributed by atoms with van der Waals surface area (Å²) in [6.07, 6.45) is -1.23.